The molecule has 1 aliphatic heterocycles. The molecule has 4 rings (SSSR count). The third-order valence-corrected chi connectivity index (χ3v) is 4.94. The van der Waals surface area contributed by atoms with Gasteiger partial charge >= 0.3 is 6.18 Å². The molecule has 0 aliphatic carbocycles. The molecule has 0 spiro atoms. The van der Waals surface area contributed by atoms with Crippen LogP contribution in [0.25, 0.3) is 5.65 Å². The van der Waals surface area contributed by atoms with Gasteiger partial charge in [0.25, 0.3) is 0 Å². The molecule has 0 bridgehead atoms. The molecule has 1 saturated heterocycles. The van der Waals surface area contributed by atoms with E-state index in [9.17, 15) is 17.6 Å². The highest BCUT2D eigenvalue weighted by atomic mass is 19.4. The van der Waals surface area contributed by atoms with Crippen LogP contribution in [0.1, 0.15) is 24.7 Å². The van der Waals surface area contributed by atoms with Gasteiger partial charge in [0.1, 0.15) is 5.82 Å². The lowest BCUT2D eigenvalue weighted by molar-refractivity contribution is -0.138. The van der Waals surface area contributed by atoms with E-state index in [0.717, 1.165) is 12.2 Å². The second-order valence-electron chi connectivity index (χ2n) is 6.77. The molecule has 0 atom stereocenters. The molecule has 3 aromatic heterocycles. The van der Waals surface area contributed by atoms with Crippen molar-refractivity contribution in [2.45, 2.75) is 25.9 Å². The molecule has 11 heteroatoms. The number of pyridine rings is 1. The Labute approximate surface area is 164 Å². The first-order valence-corrected chi connectivity index (χ1v) is 9.29. The number of anilines is 2. The van der Waals surface area contributed by atoms with Gasteiger partial charge in [0.05, 0.1) is 5.56 Å². The number of fused-ring (bicyclic) bond motifs is 1. The Kier molecular flexibility index (Phi) is 4.97. The molecule has 0 N–H and O–H groups in total. The van der Waals surface area contributed by atoms with Crippen molar-refractivity contribution in [1.82, 2.24) is 24.6 Å². The van der Waals surface area contributed by atoms with Crippen LogP contribution in [0.3, 0.4) is 0 Å². The second-order valence-corrected chi connectivity index (χ2v) is 6.77. The lowest BCUT2D eigenvalue weighted by atomic mass is 10.2. The quantitative estimate of drug-likeness (QED) is 0.620. The van der Waals surface area contributed by atoms with E-state index in [0.29, 0.717) is 56.3 Å². The Bertz CT molecular complexity index is 1020. The van der Waals surface area contributed by atoms with Crippen molar-refractivity contribution in [2.75, 3.05) is 36.0 Å². The Morgan fingerprint density at radius 2 is 1.72 bits per heavy atom. The fourth-order valence-electron chi connectivity index (χ4n) is 3.48. The van der Waals surface area contributed by atoms with Gasteiger partial charge in [0, 0.05) is 51.2 Å². The summed E-state index contributed by atoms with van der Waals surface area (Å²) in [6.45, 7) is 4.02. The predicted octanol–water partition coefficient (Wildman–Crippen LogP) is 2.96. The summed E-state index contributed by atoms with van der Waals surface area (Å²) in [6, 6.07) is 0.496. The van der Waals surface area contributed by atoms with Crippen molar-refractivity contribution in [3.8, 4) is 0 Å². The van der Waals surface area contributed by atoms with Gasteiger partial charge in [-0.05, 0) is 12.5 Å². The van der Waals surface area contributed by atoms with Crippen molar-refractivity contribution in [1.29, 1.82) is 0 Å². The molecule has 0 aromatic carbocycles. The van der Waals surface area contributed by atoms with E-state index in [-0.39, 0.29) is 5.82 Å². The maximum Gasteiger partial charge on any atom is 0.417 e. The second kappa shape index (κ2) is 7.45. The molecule has 29 heavy (non-hydrogen) atoms. The van der Waals surface area contributed by atoms with Crippen LogP contribution in [-0.4, -0.2) is 50.7 Å². The highest BCUT2D eigenvalue weighted by Gasteiger charge is 2.32. The van der Waals surface area contributed by atoms with Gasteiger partial charge in [0.2, 0.25) is 5.65 Å². The SMILES string of the molecule is CCc1nnc2c(N3CCCN(c4ncc(C(F)(F)F)cc4F)CC3)nccn12. The Morgan fingerprint density at radius 1 is 1.00 bits per heavy atom. The molecular weight excluding hydrogens is 390 g/mol. The summed E-state index contributed by atoms with van der Waals surface area (Å²) in [5.74, 6) is 0.471. The zero-order valence-corrected chi connectivity index (χ0v) is 15.7. The fourth-order valence-corrected chi connectivity index (χ4v) is 3.48. The summed E-state index contributed by atoms with van der Waals surface area (Å²) < 4.78 is 54.5. The number of aromatic nitrogens is 5. The van der Waals surface area contributed by atoms with E-state index in [2.05, 4.69) is 20.2 Å². The average Bonchev–Trinajstić information content (AvgIpc) is 2.96. The number of rotatable bonds is 3. The number of nitrogens with zero attached hydrogens (tertiary/aromatic N) is 7. The summed E-state index contributed by atoms with van der Waals surface area (Å²) in [6.07, 6.45) is 0.943. The zero-order valence-electron chi connectivity index (χ0n) is 15.7. The predicted molar refractivity (Wildman–Crippen MR) is 98.4 cm³/mol. The summed E-state index contributed by atoms with van der Waals surface area (Å²) in [5, 5.41) is 8.41. The van der Waals surface area contributed by atoms with Gasteiger partial charge in [0.15, 0.2) is 17.5 Å². The van der Waals surface area contributed by atoms with Crippen LogP contribution in [0.5, 0.6) is 0 Å². The Balaban J connectivity index is 1.56. The first kappa shape index (κ1) is 19.3. The first-order chi connectivity index (χ1) is 13.9. The van der Waals surface area contributed by atoms with Crippen molar-refractivity contribution < 1.29 is 17.6 Å². The molecule has 3 aromatic rings. The van der Waals surface area contributed by atoms with Crippen LogP contribution in [0.4, 0.5) is 29.2 Å². The first-order valence-electron chi connectivity index (χ1n) is 9.29. The van der Waals surface area contributed by atoms with Gasteiger partial charge in [-0.15, -0.1) is 10.2 Å². The summed E-state index contributed by atoms with van der Waals surface area (Å²) >= 11 is 0. The minimum atomic E-state index is -4.62. The lowest BCUT2D eigenvalue weighted by Crippen LogP contribution is -2.32. The molecular formula is C18H19F4N7. The van der Waals surface area contributed by atoms with E-state index in [4.69, 9.17) is 0 Å². The van der Waals surface area contributed by atoms with Gasteiger partial charge in [-0.2, -0.15) is 13.2 Å². The van der Waals surface area contributed by atoms with Crippen LogP contribution in [0.2, 0.25) is 0 Å². The topological polar surface area (TPSA) is 62.5 Å². The van der Waals surface area contributed by atoms with E-state index < -0.39 is 17.6 Å². The van der Waals surface area contributed by atoms with Gasteiger partial charge in [-0.3, -0.25) is 4.40 Å². The highest BCUT2D eigenvalue weighted by Crippen LogP contribution is 2.31. The van der Waals surface area contributed by atoms with Crippen LogP contribution >= 0.6 is 0 Å². The van der Waals surface area contributed by atoms with Crippen molar-refractivity contribution >= 4 is 17.3 Å². The van der Waals surface area contributed by atoms with Crippen LogP contribution in [0.15, 0.2) is 24.7 Å². The van der Waals surface area contributed by atoms with Crippen LogP contribution in [0, 0.1) is 5.82 Å². The van der Waals surface area contributed by atoms with Crippen molar-refractivity contribution in [3.05, 3.63) is 41.9 Å². The van der Waals surface area contributed by atoms with E-state index in [1.807, 2.05) is 22.4 Å². The number of alkyl halides is 3. The Morgan fingerprint density at radius 3 is 2.38 bits per heavy atom. The molecule has 7 nitrogen and oxygen atoms in total. The fraction of sp³-hybridized carbons (Fsp3) is 0.444. The van der Waals surface area contributed by atoms with E-state index in [1.165, 1.54) is 0 Å². The molecule has 0 radical (unpaired) electrons. The molecule has 1 aliphatic rings. The number of hydrogen-bond acceptors (Lipinski definition) is 6. The van der Waals surface area contributed by atoms with Gasteiger partial charge in [-0.25, -0.2) is 14.4 Å². The van der Waals surface area contributed by atoms with Crippen LogP contribution < -0.4 is 9.80 Å². The van der Waals surface area contributed by atoms with Crippen molar-refractivity contribution in [2.24, 2.45) is 0 Å². The molecule has 0 amide bonds. The molecule has 154 valence electrons. The molecule has 4 heterocycles. The molecule has 0 saturated carbocycles. The Hall–Kier alpha value is -2.98. The zero-order chi connectivity index (χ0) is 20.6. The minimum Gasteiger partial charge on any atom is -0.352 e. The monoisotopic (exact) mass is 409 g/mol. The average molecular weight is 409 g/mol. The maximum absolute atomic E-state index is 14.3. The maximum atomic E-state index is 14.3. The summed E-state index contributed by atoms with van der Waals surface area (Å²) in [4.78, 5) is 11.9. The number of aryl methyl sites for hydroxylation is 1. The summed E-state index contributed by atoms with van der Waals surface area (Å²) in [5.41, 5.74) is -0.443. The van der Waals surface area contributed by atoms with E-state index in [1.54, 1.807) is 11.1 Å². The number of halogens is 4. The largest absolute Gasteiger partial charge is 0.417 e. The molecule has 1 fully saturated rings. The summed E-state index contributed by atoms with van der Waals surface area (Å²) in [7, 11) is 0. The van der Waals surface area contributed by atoms with Crippen molar-refractivity contribution in [3.63, 3.8) is 0 Å². The highest BCUT2D eigenvalue weighted by molar-refractivity contribution is 5.64. The smallest absolute Gasteiger partial charge is 0.352 e. The standard InChI is InChI=1S/C18H19F4N7/c1-2-14-25-26-17-16(23-4-7-29(14)17)28-6-3-5-27(8-9-28)15-13(19)10-12(11-24-15)18(20,21)22/h4,7,10-11H,2-3,5-6,8-9H2,1H3. The van der Waals surface area contributed by atoms with Gasteiger partial charge in [-0.1, -0.05) is 6.92 Å². The van der Waals surface area contributed by atoms with Crippen LogP contribution in [-0.2, 0) is 12.6 Å². The van der Waals surface area contributed by atoms with Gasteiger partial charge < -0.3 is 9.80 Å². The van der Waals surface area contributed by atoms with E-state index >= 15 is 0 Å². The third-order valence-electron chi connectivity index (χ3n) is 4.94. The molecule has 0 unspecified atom stereocenters. The third kappa shape index (κ3) is 3.68. The normalized spacial score (nSPS) is 15.8. The minimum absolute atomic E-state index is 0.0678. The lowest BCUT2D eigenvalue weighted by Gasteiger charge is -2.24. The number of hydrogen-bond donors (Lipinski definition) is 0.